The van der Waals surface area contributed by atoms with Gasteiger partial charge in [-0.3, -0.25) is 4.79 Å². The summed E-state index contributed by atoms with van der Waals surface area (Å²) in [6.45, 7) is 5.88. The molecule has 1 atom stereocenters. The Morgan fingerprint density at radius 2 is 1.41 bits per heavy atom. The Bertz CT molecular complexity index is 1430. The first-order chi connectivity index (χ1) is 19.7. The number of fused-ring (bicyclic) bond motifs is 1. The Morgan fingerprint density at radius 3 is 2.00 bits per heavy atom. The lowest BCUT2D eigenvalue weighted by Gasteiger charge is -2.37. The SMILES string of the molecule is Cc1cc(C)c(NC(=O)Nc2cc3ccccc3cc2C(=O)NC(C(=O)O)C2CCC(NC3CCC3)CC2)c(C)c1. The molecule has 0 spiro atoms. The van der Waals surface area contributed by atoms with Gasteiger partial charge in [0, 0.05) is 17.8 Å². The molecule has 0 aromatic heterocycles. The molecular weight excluding hydrogens is 516 g/mol. The zero-order valence-corrected chi connectivity index (χ0v) is 24.0. The van der Waals surface area contributed by atoms with Gasteiger partial charge in [-0.15, -0.1) is 0 Å². The van der Waals surface area contributed by atoms with Gasteiger partial charge in [0.25, 0.3) is 5.91 Å². The van der Waals surface area contributed by atoms with Crippen LogP contribution in [-0.4, -0.2) is 41.1 Å². The van der Waals surface area contributed by atoms with Crippen molar-refractivity contribution < 1.29 is 19.5 Å². The maximum absolute atomic E-state index is 13.6. The van der Waals surface area contributed by atoms with Crippen LogP contribution in [0.25, 0.3) is 10.8 Å². The highest BCUT2D eigenvalue weighted by Crippen LogP contribution is 2.31. The van der Waals surface area contributed by atoms with E-state index in [0.717, 1.165) is 53.1 Å². The van der Waals surface area contributed by atoms with Crippen LogP contribution in [0.5, 0.6) is 0 Å². The molecule has 5 N–H and O–H groups in total. The second-order valence-corrected chi connectivity index (χ2v) is 11.8. The van der Waals surface area contributed by atoms with E-state index in [4.69, 9.17) is 0 Å². The predicted octanol–water partition coefficient (Wildman–Crippen LogP) is 6.29. The molecule has 3 aromatic carbocycles. The molecule has 8 heteroatoms. The first kappa shape index (κ1) is 28.6. The molecule has 0 heterocycles. The van der Waals surface area contributed by atoms with Gasteiger partial charge in [0.15, 0.2) is 0 Å². The summed E-state index contributed by atoms with van der Waals surface area (Å²) in [6, 6.07) is 14.6. The highest BCUT2D eigenvalue weighted by atomic mass is 16.4. The molecule has 0 bridgehead atoms. The molecule has 3 amide bonds. The molecule has 41 heavy (non-hydrogen) atoms. The third-order valence-electron chi connectivity index (χ3n) is 8.67. The highest BCUT2D eigenvalue weighted by Gasteiger charge is 2.35. The molecule has 2 aliphatic carbocycles. The Hall–Kier alpha value is -3.91. The van der Waals surface area contributed by atoms with Crippen molar-refractivity contribution in [2.75, 3.05) is 10.6 Å². The van der Waals surface area contributed by atoms with Crippen molar-refractivity contribution in [2.24, 2.45) is 5.92 Å². The number of carboxylic acids is 1. The number of anilines is 2. The van der Waals surface area contributed by atoms with Crippen molar-refractivity contribution in [3.63, 3.8) is 0 Å². The van der Waals surface area contributed by atoms with E-state index in [1.807, 2.05) is 57.2 Å². The lowest BCUT2D eigenvalue weighted by atomic mass is 9.80. The number of hydrogen-bond acceptors (Lipinski definition) is 4. The number of urea groups is 1. The van der Waals surface area contributed by atoms with Crippen LogP contribution in [0.1, 0.15) is 72.0 Å². The summed E-state index contributed by atoms with van der Waals surface area (Å²) in [5, 5.41) is 24.0. The second-order valence-electron chi connectivity index (χ2n) is 11.8. The van der Waals surface area contributed by atoms with Gasteiger partial charge in [0.05, 0.1) is 11.3 Å². The number of carboxylic acid groups (broad SMARTS) is 1. The van der Waals surface area contributed by atoms with Crippen LogP contribution in [0.2, 0.25) is 0 Å². The summed E-state index contributed by atoms with van der Waals surface area (Å²) < 4.78 is 0. The van der Waals surface area contributed by atoms with Crippen LogP contribution in [-0.2, 0) is 4.79 Å². The number of carbonyl (C=O) groups is 3. The first-order valence-electron chi connectivity index (χ1n) is 14.7. The minimum atomic E-state index is -1.04. The topological polar surface area (TPSA) is 120 Å². The fourth-order valence-corrected chi connectivity index (χ4v) is 6.30. The van der Waals surface area contributed by atoms with Crippen LogP contribution >= 0.6 is 0 Å². The number of amides is 3. The molecule has 0 saturated heterocycles. The quantitative estimate of drug-likeness (QED) is 0.223. The van der Waals surface area contributed by atoms with E-state index in [1.54, 1.807) is 12.1 Å². The van der Waals surface area contributed by atoms with Crippen LogP contribution in [0, 0.1) is 26.7 Å². The average molecular weight is 557 g/mol. The third-order valence-corrected chi connectivity index (χ3v) is 8.67. The maximum Gasteiger partial charge on any atom is 0.326 e. The van der Waals surface area contributed by atoms with Gasteiger partial charge in [0.2, 0.25) is 0 Å². The molecule has 0 radical (unpaired) electrons. The zero-order chi connectivity index (χ0) is 29.1. The number of hydrogen-bond donors (Lipinski definition) is 5. The third kappa shape index (κ3) is 6.70. The van der Waals surface area contributed by atoms with Crippen molar-refractivity contribution >= 4 is 40.1 Å². The minimum absolute atomic E-state index is 0.149. The van der Waals surface area contributed by atoms with E-state index in [2.05, 4.69) is 21.3 Å². The lowest BCUT2D eigenvalue weighted by molar-refractivity contribution is -0.141. The van der Waals surface area contributed by atoms with Crippen molar-refractivity contribution in [2.45, 2.75) is 83.8 Å². The van der Waals surface area contributed by atoms with Crippen LogP contribution in [0.15, 0.2) is 48.5 Å². The number of nitrogens with one attached hydrogen (secondary N) is 4. The Balaban J connectivity index is 1.34. The van der Waals surface area contributed by atoms with Gasteiger partial charge < -0.3 is 26.4 Å². The summed E-state index contributed by atoms with van der Waals surface area (Å²) in [5.74, 6) is -1.70. The first-order valence-corrected chi connectivity index (χ1v) is 14.7. The highest BCUT2D eigenvalue weighted by molar-refractivity contribution is 6.10. The van der Waals surface area contributed by atoms with Crippen molar-refractivity contribution in [3.8, 4) is 0 Å². The summed E-state index contributed by atoms with van der Waals surface area (Å²) in [7, 11) is 0. The second kappa shape index (κ2) is 12.3. The summed E-state index contributed by atoms with van der Waals surface area (Å²) in [6.07, 6.45) is 7.00. The number of aliphatic carboxylic acids is 1. The fraction of sp³-hybridized carbons (Fsp3) is 0.424. The average Bonchev–Trinajstić information content (AvgIpc) is 2.91. The van der Waals surface area contributed by atoms with E-state index in [-0.39, 0.29) is 11.5 Å². The van der Waals surface area contributed by atoms with Crippen molar-refractivity contribution in [3.05, 3.63) is 70.8 Å². The van der Waals surface area contributed by atoms with Gasteiger partial charge in [-0.25, -0.2) is 9.59 Å². The van der Waals surface area contributed by atoms with Gasteiger partial charge in [-0.05, 0) is 99.2 Å². The van der Waals surface area contributed by atoms with Crippen molar-refractivity contribution in [1.82, 2.24) is 10.6 Å². The van der Waals surface area contributed by atoms with E-state index in [0.29, 0.717) is 23.5 Å². The maximum atomic E-state index is 13.6. The minimum Gasteiger partial charge on any atom is -0.480 e. The molecule has 5 rings (SSSR count). The van der Waals surface area contributed by atoms with E-state index >= 15 is 0 Å². The molecule has 3 aromatic rings. The predicted molar refractivity (Wildman–Crippen MR) is 163 cm³/mol. The number of carbonyl (C=O) groups excluding carboxylic acids is 2. The molecule has 0 aliphatic heterocycles. The fourth-order valence-electron chi connectivity index (χ4n) is 6.30. The molecular formula is C33H40N4O4. The number of benzene rings is 3. The standard InChI is InChI=1S/C33H40N4O4/c1-19-15-20(2)29(21(3)16-19)37-33(41)35-28-18-24-8-5-4-7-23(24)17-27(28)31(38)36-30(32(39)40)22-11-13-26(14-12-22)34-25-9-6-10-25/h4-5,7-8,15-18,22,25-26,30,34H,6,9-14H2,1-3H3,(H,36,38)(H,39,40)(H2,35,37,41). The van der Waals surface area contributed by atoms with E-state index in [9.17, 15) is 19.5 Å². The normalized spacial score (nSPS) is 19.7. The Labute approximate surface area is 241 Å². The molecule has 2 fully saturated rings. The molecule has 2 aliphatic rings. The summed E-state index contributed by atoms with van der Waals surface area (Å²) in [4.78, 5) is 39.1. The van der Waals surface area contributed by atoms with Gasteiger partial charge >= 0.3 is 12.0 Å². The largest absolute Gasteiger partial charge is 0.480 e. The molecule has 216 valence electrons. The monoisotopic (exact) mass is 556 g/mol. The summed E-state index contributed by atoms with van der Waals surface area (Å²) >= 11 is 0. The van der Waals surface area contributed by atoms with Crippen LogP contribution in [0.3, 0.4) is 0 Å². The van der Waals surface area contributed by atoms with Gasteiger partial charge in [0.1, 0.15) is 6.04 Å². The van der Waals surface area contributed by atoms with Crippen molar-refractivity contribution in [1.29, 1.82) is 0 Å². The molecule has 1 unspecified atom stereocenters. The molecule has 8 nitrogen and oxygen atoms in total. The Morgan fingerprint density at radius 1 is 0.805 bits per heavy atom. The van der Waals surface area contributed by atoms with Crippen LogP contribution < -0.4 is 21.3 Å². The summed E-state index contributed by atoms with van der Waals surface area (Å²) in [5.41, 5.74) is 4.25. The molecule has 2 saturated carbocycles. The van der Waals surface area contributed by atoms with E-state index < -0.39 is 23.9 Å². The smallest absolute Gasteiger partial charge is 0.326 e. The Kier molecular flexibility index (Phi) is 8.59. The number of aryl methyl sites for hydroxylation is 3. The van der Waals surface area contributed by atoms with Crippen LogP contribution in [0.4, 0.5) is 16.2 Å². The van der Waals surface area contributed by atoms with Gasteiger partial charge in [-0.1, -0.05) is 48.4 Å². The lowest BCUT2D eigenvalue weighted by Crippen LogP contribution is -2.49. The van der Waals surface area contributed by atoms with Gasteiger partial charge in [-0.2, -0.15) is 0 Å². The number of rotatable bonds is 8. The zero-order valence-electron chi connectivity index (χ0n) is 24.0. The van der Waals surface area contributed by atoms with E-state index in [1.165, 1.54) is 19.3 Å².